The fraction of sp³-hybridized carbons (Fsp3) is 0.417. The summed E-state index contributed by atoms with van der Waals surface area (Å²) in [6, 6.07) is 4.13. The second kappa shape index (κ2) is 4.71. The van der Waals surface area contributed by atoms with Gasteiger partial charge in [0, 0.05) is 18.1 Å². The fourth-order valence-electron chi connectivity index (χ4n) is 1.67. The second-order valence-corrected chi connectivity index (χ2v) is 3.92. The molecular weight excluding hydrogens is 227 g/mol. The summed E-state index contributed by atoms with van der Waals surface area (Å²) >= 11 is 0. The molecule has 17 heavy (non-hydrogen) atoms. The quantitative estimate of drug-likeness (QED) is 0.815. The summed E-state index contributed by atoms with van der Waals surface area (Å²) in [5, 5.41) is 9.27. The first-order chi connectivity index (χ1) is 8.08. The molecule has 1 saturated heterocycles. The second-order valence-electron chi connectivity index (χ2n) is 3.92. The third-order valence-electron chi connectivity index (χ3n) is 2.59. The smallest absolute Gasteiger partial charge is 0.347 e. The van der Waals surface area contributed by atoms with Crippen LogP contribution >= 0.6 is 0 Å². The molecular formula is C12H13FO4. The largest absolute Gasteiger partial charge is 0.478 e. The Hall–Kier alpha value is -1.62. The van der Waals surface area contributed by atoms with E-state index < -0.39 is 24.0 Å². The number of carbonyl (C=O) groups excluding carboxylic acids is 1. The van der Waals surface area contributed by atoms with Gasteiger partial charge in [-0.1, -0.05) is 0 Å². The number of hydrogen-bond donors (Lipinski definition) is 1. The van der Waals surface area contributed by atoms with Gasteiger partial charge in [-0.25, -0.2) is 9.18 Å². The summed E-state index contributed by atoms with van der Waals surface area (Å²) in [5.74, 6) is -0.718. The van der Waals surface area contributed by atoms with E-state index >= 15 is 0 Å². The number of halogens is 1. The van der Waals surface area contributed by atoms with E-state index in [1.807, 2.05) is 0 Å². The van der Waals surface area contributed by atoms with Crippen LogP contribution in [0.3, 0.4) is 0 Å². The Morgan fingerprint density at radius 3 is 2.88 bits per heavy atom. The highest BCUT2D eigenvalue weighted by Gasteiger charge is 2.28. The van der Waals surface area contributed by atoms with Crippen LogP contribution in [-0.4, -0.2) is 23.8 Å². The molecule has 0 radical (unpaired) electrons. The highest BCUT2D eigenvalue weighted by Crippen LogP contribution is 2.23. The Balaban J connectivity index is 2.12. The molecule has 1 heterocycles. The van der Waals surface area contributed by atoms with Crippen LogP contribution in [0.2, 0.25) is 0 Å². The number of hydrogen-bond acceptors (Lipinski definition) is 4. The molecule has 0 spiro atoms. The van der Waals surface area contributed by atoms with Crippen molar-refractivity contribution >= 4 is 5.97 Å². The Morgan fingerprint density at radius 2 is 2.35 bits per heavy atom. The number of cyclic esters (lactones) is 1. The Morgan fingerprint density at radius 1 is 1.59 bits per heavy atom. The predicted molar refractivity (Wildman–Crippen MR) is 57.0 cm³/mol. The minimum Gasteiger partial charge on any atom is -0.478 e. The number of aliphatic hydroxyl groups excluding tert-OH is 1. The zero-order valence-corrected chi connectivity index (χ0v) is 9.35. The van der Waals surface area contributed by atoms with Gasteiger partial charge in [0.15, 0.2) is 6.10 Å². The first-order valence-corrected chi connectivity index (χ1v) is 5.38. The Labute approximate surface area is 98.0 Å². The minimum absolute atomic E-state index is 0.200. The molecule has 2 unspecified atom stereocenters. The molecule has 0 bridgehead atoms. The maximum absolute atomic E-state index is 13.5. The highest BCUT2D eigenvalue weighted by atomic mass is 19.1. The summed E-state index contributed by atoms with van der Waals surface area (Å²) < 4.78 is 23.6. The van der Waals surface area contributed by atoms with Crippen molar-refractivity contribution in [2.24, 2.45) is 0 Å². The molecule has 4 nitrogen and oxygen atoms in total. The third kappa shape index (κ3) is 2.55. The summed E-state index contributed by atoms with van der Waals surface area (Å²) in [7, 11) is 0. The Kier molecular flexibility index (Phi) is 3.28. The number of aliphatic hydroxyl groups is 1. The number of benzene rings is 1. The lowest BCUT2D eigenvalue weighted by molar-refractivity contribution is -0.143. The minimum atomic E-state index is -0.875. The van der Waals surface area contributed by atoms with Crippen LogP contribution in [0.25, 0.3) is 0 Å². The molecule has 1 fully saturated rings. The maximum Gasteiger partial charge on any atom is 0.347 e. The normalized spacial score (nSPS) is 21.1. The lowest BCUT2D eigenvalue weighted by Gasteiger charge is -2.12. The van der Waals surface area contributed by atoms with Gasteiger partial charge in [0.05, 0.1) is 12.7 Å². The van der Waals surface area contributed by atoms with Gasteiger partial charge in [0.1, 0.15) is 11.6 Å². The van der Waals surface area contributed by atoms with E-state index in [2.05, 4.69) is 0 Å². The van der Waals surface area contributed by atoms with Gasteiger partial charge in [0.2, 0.25) is 0 Å². The van der Waals surface area contributed by atoms with Crippen molar-refractivity contribution in [2.45, 2.75) is 25.6 Å². The van der Waals surface area contributed by atoms with Gasteiger partial charge in [-0.3, -0.25) is 0 Å². The molecule has 1 aliphatic heterocycles. The van der Waals surface area contributed by atoms with E-state index in [1.165, 1.54) is 19.1 Å². The van der Waals surface area contributed by atoms with Gasteiger partial charge >= 0.3 is 5.97 Å². The van der Waals surface area contributed by atoms with Crippen molar-refractivity contribution in [1.29, 1.82) is 0 Å². The van der Waals surface area contributed by atoms with Gasteiger partial charge in [0.25, 0.3) is 0 Å². The number of rotatable bonds is 3. The van der Waals surface area contributed by atoms with Crippen LogP contribution in [-0.2, 0) is 9.53 Å². The SMILES string of the molecule is CC(O)c1ccc(OC2CCOC2=O)cc1F. The highest BCUT2D eigenvalue weighted by molar-refractivity contribution is 5.76. The average molecular weight is 240 g/mol. The van der Waals surface area contributed by atoms with E-state index in [9.17, 15) is 14.3 Å². The molecule has 0 amide bonds. The first-order valence-electron chi connectivity index (χ1n) is 5.38. The molecule has 1 aliphatic rings. The van der Waals surface area contributed by atoms with Crippen molar-refractivity contribution < 1.29 is 23.8 Å². The third-order valence-corrected chi connectivity index (χ3v) is 2.59. The van der Waals surface area contributed by atoms with E-state index in [0.29, 0.717) is 13.0 Å². The molecule has 0 aromatic heterocycles. The van der Waals surface area contributed by atoms with Gasteiger partial charge in [-0.2, -0.15) is 0 Å². The molecule has 1 aromatic rings. The van der Waals surface area contributed by atoms with Crippen LogP contribution in [0, 0.1) is 5.82 Å². The fourth-order valence-corrected chi connectivity index (χ4v) is 1.67. The van der Waals surface area contributed by atoms with E-state index in [1.54, 1.807) is 0 Å². The van der Waals surface area contributed by atoms with E-state index in [4.69, 9.17) is 9.47 Å². The van der Waals surface area contributed by atoms with Crippen molar-refractivity contribution in [3.63, 3.8) is 0 Å². The van der Waals surface area contributed by atoms with Crippen LogP contribution in [0.1, 0.15) is 25.0 Å². The van der Waals surface area contributed by atoms with Crippen LogP contribution in [0.5, 0.6) is 5.75 Å². The van der Waals surface area contributed by atoms with Crippen LogP contribution in [0.4, 0.5) is 4.39 Å². The maximum atomic E-state index is 13.5. The van der Waals surface area contributed by atoms with E-state index in [0.717, 1.165) is 6.07 Å². The molecule has 2 rings (SSSR count). The van der Waals surface area contributed by atoms with Gasteiger partial charge in [-0.15, -0.1) is 0 Å². The van der Waals surface area contributed by atoms with E-state index in [-0.39, 0.29) is 11.3 Å². The molecule has 92 valence electrons. The number of carbonyl (C=O) groups is 1. The summed E-state index contributed by atoms with van der Waals surface area (Å²) in [5.41, 5.74) is 0.200. The zero-order valence-electron chi connectivity index (χ0n) is 9.35. The van der Waals surface area contributed by atoms with Gasteiger partial charge in [-0.05, 0) is 19.1 Å². The average Bonchev–Trinajstić information content (AvgIpc) is 2.64. The summed E-state index contributed by atoms with van der Waals surface area (Å²) in [6.07, 6.45) is -1.06. The summed E-state index contributed by atoms with van der Waals surface area (Å²) in [4.78, 5) is 11.2. The molecule has 2 atom stereocenters. The topological polar surface area (TPSA) is 55.8 Å². The number of ether oxygens (including phenoxy) is 2. The van der Waals surface area contributed by atoms with Crippen molar-refractivity contribution in [2.75, 3.05) is 6.61 Å². The van der Waals surface area contributed by atoms with Crippen LogP contribution in [0.15, 0.2) is 18.2 Å². The zero-order chi connectivity index (χ0) is 12.4. The molecule has 1 N–H and O–H groups in total. The predicted octanol–water partition coefficient (Wildman–Crippen LogP) is 1.57. The molecule has 0 saturated carbocycles. The molecule has 0 aliphatic carbocycles. The standard InChI is InChI=1S/C12H13FO4/c1-7(14)9-3-2-8(6-10(9)13)17-11-4-5-16-12(11)15/h2-3,6-7,11,14H,4-5H2,1H3. The van der Waals surface area contributed by atoms with Crippen molar-refractivity contribution in [3.05, 3.63) is 29.6 Å². The van der Waals surface area contributed by atoms with Gasteiger partial charge < -0.3 is 14.6 Å². The molecule has 1 aromatic carbocycles. The Bertz CT molecular complexity index is 431. The van der Waals surface area contributed by atoms with Crippen molar-refractivity contribution in [3.8, 4) is 5.75 Å². The lowest BCUT2D eigenvalue weighted by Crippen LogP contribution is -2.21. The lowest BCUT2D eigenvalue weighted by atomic mass is 10.1. The van der Waals surface area contributed by atoms with Crippen molar-refractivity contribution in [1.82, 2.24) is 0 Å². The monoisotopic (exact) mass is 240 g/mol. The van der Waals surface area contributed by atoms with Crippen LogP contribution < -0.4 is 4.74 Å². The molecule has 5 heteroatoms. The first kappa shape index (κ1) is 11.9. The number of esters is 1. The summed E-state index contributed by atoms with van der Waals surface area (Å²) in [6.45, 7) is 1.81.